The van der Waals surface area contributed by atoms with E-state index in [0.29, 0.717) is 18.8 Å². The van der Waals surface area contributed by atoms with E-state index >= 15 is 0 Å². The SMILES string of the molecule is CC(C)[C@@H](Cn1ccccc1=O)NC(=O)N[C@H](C(=O)N1C[C@@H]2C=C[C@@H]2[C@H]1C(=O)NC(CCCC1CC1)C(=O)C(N)=O)C(C)(C)C. The maximum atomic E-state index is 14.2. The number of hydrogen-bond donors (Lipinski definition) is 4. The molecule has 3 aliphatic rings. The normalized spacial score (nSPS) is 22.5. The Morgan fingerprint density at radius 1 is 1.02 bits per heavy atom. The van der Waals surface area contributed by atoms with Crippen molar-refractivity contribution in [2.45, 2.75) is 97.4 Å². The fourth-order valence-electron chi connectivity index (χ4n) is 6.13. The fraction of sp³-hybridized carbons (Fsp3) is 0.636. The molecular formula is C33H48N6O6. The molecule has 246 valence electrons. The third-order valence-corrected chi connectivity index (χ3v) is 9.21. The molecule has 12 nitrogen and oxygen atoms in total. The Hall–Kier alpha value is -3.96. The largest absolute Gasteiger partial charge is 0.363 e. The second-order valence-corrected chi connectivity index (χ2v) is 14.2. The van der Waals surface area contributed by atoms with Crippen molar-refractivity contribution >= 4 is 29.5 Å². The molecule has 5 N–H and O–H groups in total. The number of nitrogens with two attached hydrogens (primary N) is 1. The van der Waals surface area contributed by atoms with Crippen LogP contribution in [-0.2, 0) is 25.7 Å². The van der Waals surface area contributed by atoms with Crippen LogP contribution >= 0.6 is 0 Å². The molecule has 6 atom stereocenters. The molecule has 45 heavy (non-hydrogen) atoms. The molecule has 5 amide bonds. The van der Waals surface area contributed by atoms with E-state index in [4.69, 9.17) is 5.73 Å². The maximum absolute atomic E-state index is 14.2. The lowest BCUT2D eigenvalue weighted by Gasteiger charge is -2.36. The molecule has 0 spiro atoms. The van der Waals surface area contributed by atoms with Crippen molar-refractivity contribution in [3.05, 3.63) is 46.9 Å². The van der Waals surface area contributed by atoms with Gasteiger partial charge < -0.3 is 31.2 Å². The number of carbonyl (C=O) groups excluding carboxylic acids is 5. The number of carbonyl (C=O) groups is 5. The number of likely N-dealkylation sites (tertiary alicyclic amines) is 1. The van der Waals surface area contributed by atoms with Gasteiger partial charge in [0.15, 0.2) is 0 Å². The highest BCUT2D eigenvalue weighted by Gasteiger charge is 2.52. The summed E-state index contributed by atoms with van der Waals surface area (Å²) in [7, 11) is 0. The van der Waals surface area contributed by atoms with Gasteiger partial charge in [-0.2, -0.15) is 0 Å². The smallest absolute Gasteiger partial charge is 0.315 e. The van der Waals surface area contributed by atoms with E-state index in [1.165, 1.54) is 15.5 Å². The van der Waals surface area contributed by atoms with Gasteiger partial charge in [-0.25, -0.2) is 4.79 Å². The van der Waals surface area contributed by atoms with Crippen molar-refractivity contribution in [1.82, 2.24) is 25.4 Å². The number of ketones is 1. The first-order valence-electron chi connectivity index (χ1n) is 16.0. The Bertz CT molecular complexity index is 1380. The van der Waals surface area contributed by atoms with Crippen LogP contribution in [0.5, 0.6) is 0 Å². The molecule has 1 saturated heterocycles. The Balaban J connectivity index is 1.48. The van der Waals surface area contributed by atoms with Crippen LogP contribution in [0.25, 0.3) is 0 Å². The predicted octanol–water partition coefficient (Wildman–Crippen LogP) is 1.72. The van der Waals surface area contributed by atoms with Gasteiger partial charge in [0.05, 0.1) is 12.1 Å². The van der Waals surface area contributed by atoms with Crippen LogP contribution in [0.4, 0.5) is 4.79 Å². The zero-order valence-corrected chi connectivity index (χ0v) is 27.0. The lowest BCUT2D eigenvalue weighted by Crippen LogP contribution is -2.61. The molecule has 1 aromatic heterocycles. The van der Waals surface area contributed by atoms with Gasteiger partial charge in [0.2, 0.25) is 17.6 Å². The molecule has 2 aliphatic carbocycles. The Morgan fingerprint density at radius 3 is 2.29 bits per heavy atom. The first-order valence-corrected chi connectivity index (χ1v) is 16.0. The Morgan fingerprint density at radius 2 is 1.73 bits per heavy atom. The number of pyridine rings is 1. The van der Waals surface area contributed by atoms with Crippen molar-refractivity contribution < 1.29 is 24.0 Å². The van der Waals surface area contributed by atoms with Crippen LogP contribution < -0.4 is 27.2 Å². The number of primary amides is 1. The molecule has 1 aliphatic heterocycles. The third kappa shape index (κ3) is 8.40. The number of rotatable bonds is 14. The van der Waals surface area contributed by atoms with E-state index in [0.717, 1.165) is 19.3 Å². The molecule has 2 heterocycles. The number of Topliss-reactive ketones (excluding diaryl/α,β-unsaturated/α-hetero) is 1. The van der Waals surface area contributed by atoms with Gasteiger partial charge in [-0.3, -0.25) is 24.0 Å². The predicted molar refractivity (Wildman–Crippen MR) is 169 cm³/mol. The third-order valence-electron chi connectivity index (χ3n) is 9.21. The van der Waals surface area contributed by atoms with Gasteiger partial charge in [-0.05, 0) is 29.7 Å². The number of nitrogens with one attached hydrogen (secondary N) is 3. The van der Waals surface area contributed by atoms with Crippen molar-refractivity contribution in [3.8, 4) is 0 Å². The first kappa shape index (κ1) is 33.9. The van der Waals surface area contributed by atoms with E-state index in [-0.39, 0.29) is 36.4 Å². The number of urea groups is 1. The highest BCUT2D eigenvalue weighted by molar-refractivity contribution is 6.37. The van der Waals surface area contributed by atoms with Crippen LogP contribution in [-0.4, -0.2) is 69.7 Å². The highest BCUT2D eigenvalue weighted by Crippen LogP contribution is 2.40. The quantitative estimate of drug-likeness (QED) is 0.181. The summed E-state index contributed by atoms with van der Waals surface area (Å²) in [5, 5.41) is 8.53. The first-order chi connectivity index (χ1) is 21.2. The molecule has 0 aromatic carbocycles. The average molecular weight is 625 g/mol. The molecule has 0 bridgehead atoms. The molecular weight excluding hydrogens is 576 g/mol. The van der Waals surface area contributed by atoms with Gasteiger partial charge >= 0.3 is 6.03 Å². The van der Waals surface area contributed by atoms with E-state index in [1.54, 1.807) is 18.3 Å². The zero-order chi connectivity index (χ0) is 33.1. The van der Waals surface area contributed by atoms with Crippen LogP contribution in [0.15, 0.2) is 41.3 Å². The molecule has 1 aromatic rings. The topological polar surface area (TPSA) is 173 Å². The van der Waals surface area contributed by atoms with Crippen molar-refractivity contribution in [3.63, 3.8) is 0 Å². The van der Waals surface area contributed by atoms with Crippen molar-refractivity contribution in [1.29, 1.82) is 0 Å². The summed E-state index contributed by atoms with van der Waals surface area (Å²) in [6.07, 6.45) is 9.69. The van der Waals surface area contributed by atoms with Crippen molar-refractivity contribution in [2.75, 3.05) is 6.54 Å². The fourth-order valence-corrected chi connectivity index (χ4v) is 6.13. The van der Waals surface area contributed by atoms with E-state index in [9.17, 15) is 28.8 Å². The Kier molecular flexibility index (Phi) is 10.5. The summed E-state index contributed by atoms with van der Waals surface area (Å²) in [6.45, 7) is 9.91. The molecule has 12 heteroatoms. The summed E-state index contributed by atoms with van der Waals surface area (Å²) < 4.78 is 1.52. The van der Waals surface area contributed by atoms with E-state index < -0.39 is 59.1 Å². The summed E-state index contributed by atoms with van der Waals surface area (Å²) in [5.41, 5.74) is 4.40. The van der Waals surface area contributed by atoms with Crippen molar-refractivity contribution in [2.24, 2.45) is 34.8 Å². The summed E-state index contributed by atoms with van der Waals surface area (Å²) in [6, 6.07) is 0.957. The van der Waals surface area contributed by atoms with E-state index in [1.807, 2.05) is 46.8 Å². The van der Waals surface area contributed by atoms with Gasteiger partial charge in [-0.1, -0.05) is 78.5 Å². The van der Waals surface area contributed by atoms with Gasteiger partial charge in [0.1, 0.15) is 12.1 Å². The highest BCUT2D eigenvalue weighted by atomic mass is 16.2. The monoisotopic (exact) mass is 624 g/mol. The lowest BCUT2D eigenvalue weighted by molar-refractivity contribution is -0.144. The number of amides is 5. The lowest BCUT2D eigenvalue weighted by atomic mass is 9.80. The maximum Gasteiger partial charge on any atom is 0.315 e. The summed E-state index contributed by atoms with van der Waals surface area (Å²) in [4.78, 5) is 79.5. The molecule has 4 rings (SSSR count). The number of hydrogen-bond acceptors (Lipinski definition) is 6. The number of fused-ring (bicyclic) bond motifs is 1. The minimum atomic E-state index is -1.10. The average Bonchev–Trinajstić information content (AvgIpc) is 3.73. The van der Waals surface area contributed by atoms with Crippen LogP contribution in [0, 0.1) is 29.1 Å². The van der Waals surface area contributed by atoms with Crippen LogP contribution in [0.3, 0.4) is 0 Å². The van der Waals surface area contributed by atoms with E-state index in [2.05, 4.69) is 16.0 Å². The summed E-state index contributed by atoms with van der Waals surface area (Å²) in [5.74, 6) is -2.54. The van der Waals surface area contributed by atoms with Gasteiger partial charge in [0, 0.05) is 37.2 Å². The van der Waals surface area contributed by atoms with Crippen LogP contribution in [0.2, 0.25) is 0 Å². The molecule has 1 saturated carbocycles. The van der Waals surface area contributed by atoms with Crippen LogP contribution in [0.1, 0.15) is 66.7 Å². The molecule has 1 unspecified atom stereocenters. The standard InChI is InChI=1S/C33H48N6O6/c1-19(2)24(18-38-16-7-6-11-25(38)40)36-32(45)37-28(33(3,4)5)31(44)39-17-21-14-15-22(21)26(39)30(43)35-23(27(41)29(34)42)10-8-9-20-12-13-20/h6-7,11,14-16,19-24,26,28H,8-10,12-13,17-18H2,1-5H3,(H2,34,42)(H,35,43)(H2,36,37,45)/t21-,22-,23?,24+,26-,28+/m0/s1. The van der Waals surface area contributed by atoms with Gasteiger partial charge in [0.25, 0.3) is 11.5 Å². The zero-order valence-electron chi connectivity index (χ0n) is 27.0. The molecule has 0 radical (unpaired) electrons. The molecule has 2 fully saturated rings. The van der Waals surface area contributed by atoms with Gasteiger partial charge in [-0.15, -0.1) is 0 Å². The number of aromatic nitrogens is 1. The second-order valence-electron chi connectivity index (χ2n) is 14.2. The minimum Gasteiger partial charge on any atom is -0.363 e. The minimum absolute atomic E-state index is 0.0136. The number of nitrogens with zero attached hydrogens (tertiary/aromatic N) is 2. The Labute approximate surface area is 264 Å². The summed E-state index contributed by atoms with van der Waals surface area (Å²) >= 11 is 0. The second kappa shape index (κ2) is 14.0.